The van der Waals surface area contributed by atoms with E-state index in [-0.39, 0.29) is 17.7 Å². The fourth-order valence-corrected chi connectivity index (χ4v) is 3.07. The summed E-state index contributed by atoms with van der Waals surface area (Å²) in [6.07, 6.45) is 3.99. The smallest absolute Gasteiger partial charge is 0.223 e. The Morgan fingerprint density at radius 3 is 2.87 bits per heavy atom. The lowest BCUT2D eigenvalue weighted by molar-refractivity contribution is -0.133. The predicted octanol–water partition coefficient (Wildman–Crippen LogP) is 1.48. The van der Waals surface area contributed by atoms with Gasteiger partial charge >= 0.3 is 0 Å². The number of aromatic nitrogens is 2. The first kappa shape index (κ1) is 15.5. The van der Waals surface area contributed by atoms with Crippen LogP contribution in [-0.4, -0.2) is 46.3 Å². The van der Waals surface area contributed by atoms with Crippen LogP contribution < -0.4 is 5.32 Å². The lowest BCUT2D eigenvalue weighted by Gasteiger charge is -2.30. The summed E-state index contributed by atoms with van der Waals surface area (Å²) >= 11 is 0. The van der Waals surface area contributed by atoms with Gasteiger partial charge < -0.3 is 15.2 Å². The molecule has 1 aromatic carbocycles. The number of aromatic amines is 1. The van der Waals surface area contributed by atoms with Crippen LogP contribution in [0, 0.1) is 5.92 Å². The van der Waals surface area contributed by atoms with Crippen molar-refractivity contribution in [3.63, 3.8) is 0 Å². The minimum Gasteiger partial charge on any atom is -0.356 e. The van der Waals surface area contributed by atoms with Gasteiger partial charge in [-0.1, -0.05) is 6.07 Å². The van der Waals surface area contributed by atoms with Gasteiger partial charge in [-0.05, 0) is 37.0 Å². The van der Waals surface area contributed by atoms with Crippen LogP contribution in [0.5, 0.6) is 0 Å². The predicted molar refractivity (Wildman–Crippen MR) is 87.8 cm³/mol. The van der Waals surface area contributed by atoms with Gasteiger partial charge in [-0.15, -0.1) is 0 Å². The molecule has 1 aromatic heterocycles. The maximum atomic E-state index is 12.2. The first-order chi connectivity index (χ1) is 11.1. The van der Waals surface area contributed by atoms with Crippen LogP contribution in [0.15, 0.2) is 24.5 Å². The van der Waals surface area contributed by atoms with E-state index < -0.39 is 0 Å². The third kappa shape index (κ3) is 3.70. The number of rotatable bonds is 4. The van der Waals surface area contributed by atoms with Crippen LogP contribution >= 0.6 is 0 Å². The summed E-state index contributed by atoms with van der Waals surface area (Å²) in [5, 5.41) is 3.02. The molecule has 2 N–H and O–H groups in total. The number of amides is 2. The number of H-pyrrole nitrogens is 1. The molecule has 1 aliphatic heterocycles. The Morgan fingerprint density at radius 2 is 2.13 bits per heavy atom. The van der Waals surface area contributed by atoms with E-state index >= 15 is 0 Å². The molecule has 0 saturated carbocycles. The van der Waals surface area contributed by atoms with E-state index in [1.165, 1.54) is 5.56 Å². The van der Waals surface area contributed by atoms with Crippen LogP contribution in [0.25, 0.3) is 11.0 Å². The molecule has 6 heteroatoms. The second-order valence-corrected chi connectivity index (χ2v) is 6.08. The summed E-state index contributed by atoms with van der Waals surface area (Å²) in [7, 11) is 0. The molecule has 0 atom stereocenters. The maximum Gasteiger partial charge on any atom is 0.223 e. The monoisotopic (exact) mass is 314 g/mol. The number of fused-ring (bicyclic) bond motifs is 1. The third-order valence-electron chi connectivity index (χ3n) is 4.51. The number of hydrogen-bond donors (Lipinski definition) is 2. The Kier molecular flexibility index (Phi) is 4.60. The largest absolute Gasteiger partial charge is 0.356 e. The highest BCUT2D eigenvalue weighted by Gasteiger charge is 2.25. The Morgan fingerprint density at radius 1 is 1.35 bits per heavy atom. The number of benzene rings is 1. The van der Waals surface area contributed by atoms with Gasteiger partial charge in [-0.2, -0.15) is 0 Å². The highest BCUT2D eigenvalue weighted by Crippen LogP contribution is 2.17. The molecule has 3 rings (SSSR count). The van der Waals surface area contributed by atoms with Gasteiger partial charge in [0.15, 0.2) is 0 Å². The molecule has 2 heterocycles. The number of nitrogens with one attached hydrogen (secondary N) is 2. The second-order valence-electron chi connectivity index (χ2n) is 6.08. The second kappa shape index (κ2) is 6.81. The van der Waals surface area contributed by atoms with Crippen molar-refractivity contribution in [3.05, 3.63) is 30.1 Å². The van der Waals surface area contributed by atoms with E-state index in [1.807, 2.05) is 17.0 Å². The van der Waals surface area contributed by atoms with Crippen LogP contribution in [0.2, 0.25) is 0 Å². The van der Waals surface area contributed by atoms with Crippen molar-refractivity contribution in [1.82, 2.24) is 20.2 Å². The minimum absolute atomic E-state index is 0.0284. The van der Waals surface area contributed by atoms with E-state index in [2.05, 4.69) is 21.4 Å². The van der Waals surface area contributed by atoms with Crippen molar-refractivity contribution in [2.24, 2.45) is 5.92 Å². The molecule has 0 spiro atoms. The molecular formula is C17H22N4O2. The highest BCUT2D eigenvalue weighted by atomic mass is 16.2. The van der Waals surface area contributed by atoms with Crippen LogP contribution in [0.3, 0.4) is 0 Å². The molecule has 6 nitrogen and oxygen atoms in total. The Balaban J connectivity index is 1.45. The van der Waals surface area contributed by atoms with Crippen molar-refractivity contribution in [3.8, 4) is 0 Å². The van der Waals surface area contributed by atoms with Gasteiger partial charge in [-0.3, -0.25) is 9.59 Å². The summed E-state index contributed by atoms with van der Waals surface area (Å²) in [5.41, 5.74) is 3.15. The first-order valence-corrected chi connectivity index (χ1v) is 8.09. The zero-order chi connectivity index (χ0) is 16.2. The number of imidazole rings is 1. The van der Waals surface area contributed by atoms with Gasteiger partial charge in [0, 0.05) is 32.5 Å². The number of nitrogens with zero attached hydrogens (tertiary/aromatic N) is 2. The fourth-order valence-electron chi connectivity index (χ4n) is 3.07. The number of hydrogen-bond acceptors (Lipinski definition) is 3. The van der Waals surface area contributed by atoms with Crippen LogP contribution in [0.1, 0.15) is 25.3 Å². The van der Waals surface area contributed by atoms with E-state index in [4.69, 9.17) is 0 Å². The Hall–Kier alpha value is -2.37. The summed E-state index contributed by atoms with van der Waals surface area (Å²) < 4.78 is 0. The number of carbonyl (C=O) groups is 2. The van der Waals surface area contributed by atoms with Crippen LogP contribution in [0.4, 0.5) is 0 Å². The minimum atomic E-state index is 0.0284. The van der Waals surface area contributed by atoms with Gasteiger partial charge in [0.2, 0.25) is 11.8 Å². The lowest BCUT2D eigenvalue weighted by atomic mass is 9.96. The van der Waals surface area contributed by atoms with Gasteiger partial charge in [0.05, 0.1) is 17.4 Å². The molecule has 1 fully saturated rings. The highest BCUT2D eigenvalue weighted by molar-refractivity contribution is 5.79. The molecule has 1 aliphatic rings. The van der Waals surface area contributed by atoms with Gasteiger partial charge in [0.25, 0.3) is 0 Å². The van der Waals surface area contributed by atoms with E-state index in [1.54, 1.807) is 13.3 Å². The van der Waals surface area contributed by atoms with E-state index in [9.17, 15) is 9.59 Å². The molecule has 2 aromatic rings. The summed E-state index contributed by atoms with van der Waals surface area (Å²) in [5.74, 6) is 0.231. The molecule has 0 aliphatic carbocycles. The quantitative estimate of drug-likeness (QED) is 0.897. The topological polar surface area (TPSA) is 78.1 Å². The van der Waals surface area contributed by atoms with Crippen LogP contribution in [-0.2, 0) is 16.0 Å². The number of piperidine rings is 1. The normalized spacial score (nSPS) is 15.8. The summed E-state index contributed by atoms with van der Waals surface area (Å²) in [6, 6.07) is 6.10. The van der Waals surface area contributed by atoms with Crippen molar-refractivity contribution in [2.45, 2.75) is 26.2 Å². The summed E-state index contributed by atoms with van der Waals surface area (Å²) in [4.78, 5) is 32.6. The molecule has 0 radical (unpaired) electrons. The third-order valence-corrected chi connectivity index (χ3v) is 4.51. The van der Waals surface area contributed by atoms with Crippen molar-refractivity contribution >= 4 is 22.8 Å². The van der Waals surface area contributed by atoms with Crippen molar-refractivity contribution in [1.29, 1.82) is 0 Å². The van der Waals surface area contributed by atoms with Gasteiger partial charge in [-0.25, -0.2) is 4.98 Å². The molecular weight excluding hydrogens is 292 g/mol. The Labute approximate surface area is 135 Å². The molecule has 1 saturated heterocycles. The Bertz CT molecular complexity index is 701. The average Bonchev–Trinajstić information content (AvgIpc) is 3.02. The zero-order valence-corrected chi connectivity index (χ0v) is 13.3. The van der Waals surface area contributed by atoms with E-state index in [0.29, 0.717) is 19.6 Å². The molecule has 122 valence electrons. The van der Waals surface area contributed by atoms with Crippen molar-refractivity contribution < 1.29 is 9.59 Å². The SMILES string of the molecule is CC(=O)N1CCC(C(=O)NCCc2ccc3nc[nH]c3c2)CC1. The number of carbonyl (C=O) groups excluding carboxylic acids is 2. The molecule has 2 amide bonds. The molecule has 0 bridgehead atoms. The van der Waals surface area contributed by atoms with Gasteiger partial charge in [0.1, 0.15) is 0 Å². The standard InChI is InChI=1S/C17H22N4O2/c1-12(22)21-8-5-14(6-9-21)17(23)18-7-4-13-2-3-15-16(10-13)20-11-19-15/h2-3,10-11,14H,4-9H2,1H3,(H,18,23)(H,19,20). The number of likely N-dealkylation sites (tertiary alicyclic amines) is 1. The molecule has 0 unspecified atom stereocenters. The first-order valence-electron chi connectivity index (χ1n) is 8.09. The fraction of sp³-hybridized carbons (Fsp3) is 0.471. The summed E-state index contributed by atoms with van der Waals surface area (Å²) in [6.45, 7) is 3.58. The molecule has 23 heavy (non-hydrogen) atoms. The lowest BCUT2D eigenvalue weighted by Crippen LogP contribution is -2.42. The maximum absolute atomic E-state index is 12.2. The van der Waals surface area contributed by atoms with Crippen molar-refractivity contribution in [2.75, 3.05) is 19.6 Å². The zero-order valence-electron chi connectivity index (χ0n) is 13.3. The van der Waals surface area contributed by atoms with E-state index in [0.717, 1.165) is 30.3 Å². The average molecular weight is 314 g/mol.